The summed E-state index contributed by atoms with van der Waals surface area (Å²) in [5.74, 6) is 0.893. The van der Waals surface area contributed by atoms with Crippen LogP contribution in [-0.4, -0.2) is 24.0 Å². The highest BCUT2D eigenvalue weighted by Gasteiger charge is 2.05. The number of fused-ring (bicyclic) bond motifs is 1. The lowest BCUT2D eigenvalue weighted by atomic mass is 10.2. The molecule has 1 aromatic heterocycles. The van der Waals surface area contributed by atoms with Crippen molar-refractivity contribution in [1.29, 1.82) is 0 Å². The highest BCUT2D eigenvalue weighted by molar-refractivity contribution is 7.18. The number of thiazole rings is 1. The average Bonchev–Trinajstić information content (AvgIpc) is 3.03. The van der Waals surface area contributed by atoms with E-state index < -0.39 is 0 Å². The van der Waals surface area contributed by atoms with Crippen LogP contribution in [0.15, 0.2) is 48.5 Å². The van der Waals surface area contributed by atoms with Gasteiger partial charge in [-0.25, -0.2) is 4.98 Å². The third-order valence-corrected chi connectivity index (χ3v) is 4.94. The van der Waals surface area contributed by atoms with Crippen molar-refractivity contribution < 1.29 is 9.53 Å². The summed E-state index contributed by atoms with van der Waals surface area (Å²) in [6, 6.07) is 16.0. The average molecular weight is 354 g/mol. The summed E-state index contributed by atoms with van der Waals surface area (Å²) >= 11 is 1.71. The number of rotatable bonds is 8. The molecule has 0 bridgehead atoms. The predicted octanol–water partition coefficient (Wildman–Crippen LogP) is 4.12. The molecule has 0 saturated heterocycles. The smallest absolute Gasteiger partial charge is 0.220 e. The first kappa shape index (κ1) is 17.4. The molecule has 0 fully saturated rings. The zero-order chi connectivity index (χ0) is 17.5. The number of nitrogens with zero attached hydrogens (tertiary/aromatic N) is 1. The van der Waals surface area contributed by atoms with Gasteiger partial charge in [0.15, 0.2) is 0 Å². The molecule has 0 aliphatic heterocycles. The van der Waals surface area contributed by atoms with Gasteiger partial charge in [0, 0.05) is 6.42 Å². The van der Waals surface area contributed by atoms with Gasteiger partial charge >= 0.3 is 0 Å². The third kappa shape index (κ3) is 5.29. The number of hydrogen-bond acceptors (Lipinski definition) is 4. The normalized spacial score (nSPS) is 10.8. The standard InChI is InChI=1S/C20H22N2O2S/c1-15-9-11-16(12-10-15)24-14-13-21-19(23)7-4-8-20-22-17-5-2-3-6-18(17)25-20/h2-3,5-6,9-12H,4,7-8,13-14H2,1H3,(H,21,23). The summed E-state index contributed by atoms with van der Waals surface area (Å²) in [6.07, 6.45) is 2.16. The van der Waals surface area contributed by atoms with E-state index in [2.05, 4.69) is 16.4 Å². The van der Waals surface area contributed by atoms with Crippen LogP contribution in [-0.2, 0) is 11.2 Å². The number of para-hydroxylation sites is 1. The number of aromatic nitrogens is 1. The van der Waals surface area contributed by atoms with Gasteiger partial charge in [0.25, 0.3) is 0 Å². The maximum Gasteiger partial charge on any atom is 0.220 e. The summed E-state index contributed by atoms with van der Waals surface area (Å²) in [5.41, 5.74) is 2.24. The lowest BCUT2D eigenvalue weighted by molar-refractivity contribution is -0.121. The van der Waals surface area contributed by atoms with Crippen molar-refractivity contribution in [2.75, 3.05) is 13.2 Å². The molecule has 0 aliphatic carbocycles. The van der Waals surface area contributed by atoms with Crippen molar-refractivity contribution in [2.24, 2.45) is 0 Å². The molecule has 25 heavy (non-hydrogen) atoms. The van der Waals surface area contributed by atoms with E-state index in [9.17, 15) is 4.79 Å². The molecule has 2 aromatic carbocycles. The second-order valence-corrected chi connectivity index (χ2v) is 7.06. The number of amides is 1. The molecule has 1 amide bonds. The molecule has 1 N–H and O–H groups in total. The minimum absolute atomic E-state index is 0.0635. The Kier molecular flexibility index (Phi) is 6.01. The summed E-state index contributed by atoms with van der Waals surface area (Å²) in [6.45, 7) is 3.04. The van der Waals surface area contributed by atoms with E-state index in [-0.39, 0.29) is 5.91 Å². The lowest BCUT2D eigenvalue weighted by Crippen LogP contribution is -2.27. The van der Waals surface area contributed by atoms with Gasteiger partial charge < -0.3 is 10.1 Å². The molecule has 0 atom stereocenters. The summed E-state index contributed by atoms with van der Waals surface area (Å²) in [5, 5.41) is 3.99. The highest BCUT2D eigenvalue weighted by atomic mass is 32.1. The summed E-state index contributed by atoms with van der Waals surface area (Å²) in [7, 11) is 0. The van der Waals surface area contributed by atoms with E-state index in [0.29, 0.717) is 19.6 Å². The van der Waals surface area contributed by atoms with Gasteiger partial charge in [0.1, 0.15) is 12.4 Å². The fourth-order valence-electron chi connectivity index (χ4n) is 2.51. The second-order valence-electron chi connectivity index (χ2n) is 5.94. The first-order valence-electron chi connectivity index (χ1n) is 8.51. The van der Waals surface area contributed by atoms with Gasteiger partial charge in [-0.2, -0.15) is 0 Å². The van der Waals surface area contributed by atoms with Crippen LogP contribution in [0.25, 0.3) is 10.2 Å². The Hall–Kier alpha value is -2.40. The van der Waals surface area contributed by atoms with E-state index in [4.69, 9.17) is 4.74 Å². The molecule has 3 aromatic rings. The molecule has 0 spiro atoms. The number of carbonyl (C=O) groups is 1. The first-order valence-corrected chi connectivity index (χ1v) is 9.33. The van der Waals surface area contributed by atoms with Gasteiger partial charge in [-0.1, -0.05) is 29.8 Å². The van der Waals surface area contributed by atoms with Crippen LogP contribution in [0.2, 0.25) is 0 Å². The molecule has 0 radical (unpaired) electrons. The van der Waals surface area contributed by atoms with Crippen LogP contribution in [0.3, 0.4) is 0 Å². The van der Waals surface area contributed by atoms with Crippen molar-refractivity contribution in [3.8, 4) is 5.75 Å². The molecular formula is C20H22N2O2S. The Bertz CT molecular complexity index is 794. The Morgan fingerprint density at radius 1 is 1.16 bits per heavy atom. The molecule has 130 valence electrons. The van der Waals surface area contributed by atoms with E-state index in [1.54, 1.807) is 11.3 Å². The minimum Gasteiger partial charge on any atom is -0.492 e. The van der Waals surface area contributed by atoms with Crippen molar-refractivity contribution in [3.05, 3.63) is 59.1 Å². The number of benzene rings is 2. The first-order chi connectivity index (χ1) is 12.2. The molecule has 5 heteroatoms. The monoisotopic (exact) mass is 354 g/mol. The summed E-state index contributed by atoms with van der Waals surface area (Å²) < 4.78 is 6.80. The maximum absolute atomic E-state index is 11.9. The van der Waals surface area contributed by atoms with E-state index in [1.807, 2.05) is 49.4 Å². The van der Waals surface area contributed by atoms with Gasteiger partial charge in [-0.3, -0.25) is 4.79 Å². The third-order valence-electron chi connectivity index (χ3n) is 3.85. The zero-order valence-corrected chi connectivity index (χ0v) is 15.1. The summed E-state index contributed by atoms with van der Waals surface area (Å²) in [4.78, 5) is 16.5. The topological polar surface area (TPSA) is 51.2 Å². The van der Waals surface area contributed by atoms with E-state index >= 15 is 0 Å². The molecule has 1 heterocycles. The molecular weight excluding hydrogens is 332 g/mol. The Labute approximate surface area is 151 Å². The molecule has 4 nitrogen and oxygen atoms in total. The minimum atomic E-state index is 0.0635. The molecule has 0 unspecified atom stereocenters. The Morgan fingerprint density at radius 3 is 2.76 bits per heavy atom. The maximum atomic E-state index is 11.9. The predicted molar refractivity (Wildman–Crippen MR) is 102 cm³/mol. The SMILES string of the molecule is Cc1ccc(OCCNC(=O)CCCc2nc3ccccc3s2)cc1. The van der Waals surface area contributed by atoms with Crippen molar-refractivity contribution in [1.82, 2.24) is 10.3 Å². The molecule has 0 aliphatic rings. The van der Waals surface area contributed by atoms with Crippen LogP contribution < -0.4 is 10.1 Å². The van der Waals surface area contributed by atoms with Crippen molar-refractivity contribution in [2.45, 2.75) is 26.2 Å². The Balaban J connectivity index is 1.32. The van der Waals surface area contributed by atoms with Gasteiger partial charge in [-0.05, 0) is 44.0 Å². The largest absolute Gasteiger partial charge is 0.492 e. The van der Waals surface area contributed by atoms with Gasteiger partial charge in [-0.15, -0.1) is 11.3 Å². The quantitative estimate of drug-likeness (QED) is 0.619. The van der Waals surface area contributed by atoms with Crippen molar-refractivity contribution >= 4 is 27.5 Å². The van der Waals surface area contributed by atoms with Crippen molar-refractivity contribution in [3.63, 3.8) is 0 Å². The fraction of sp³-hybridized carbons (Fsp3) is 0.300. The fourth-order valence-corrected chi connectivity index (χ4v) is 3.52. The molecule has 3 rings (SSSR count). The second kappa shape index (κ2) is 8.62. The number of ether oxygens (including phenoxy) is 1. The van der Waals surface area contributed by atoms with Crippen LogP contribution in [0, 0.1) is 6.92 Å². The number of nitrogens with one attached hydrogen (secondary N) is 1. The Morgan fingerprint density at radius 2 is 1.96 bits per heavy atom. The van der Waals surface area contributed by atoms with Gasteiger partial charge in [0.2, 0.25) is 5.91 Å². The number of carbonyl (C=O) groups excluding carboxylic acids is 1. The van der Waals surface area contributed by atoms with Crippen LogP contribution in [0.1, 0.15) is 23.4 Å². The van der Waals surface area contributed by atoms with Crippen LogP contribution >= 0.6 is 11.3 Å². The number of hydrogen-bond donors (Lipinski definition) is 1. The molecule has 0 saturated carbocycles. The van der Waals surface area contributed by atoms with Crippen LogP contribution in [0.4, 0.5) is 0 Å². The lowest BCUT2D eigenvalue weighted by Gasteiger charge is -2.07. The van der Waals surface area contributed by atoms with Crippen LogP contribution in [0.5, 0.6) is 5.75 Å². The van der Waals surface area contributed by atoms with Gasteiger partial charge in [0.05, 0.1) is 21.8 Å². The zero-order valence-electron chi connectivity index (χ0n) is 14.3. The van der Waals surface area contributed by atoms with E-state index in [1.165, 1.54) is 10.3 Å². The van der Waals surface area contributed by atoms with E-state index in [0.717, 1.165) is 29.1 Å². The number of aryl methyl sites for hydroxylation is 2. The highest BCUT2D eigenvalue weighted by Crippen LogP contribution is 2.22.